The van der Waals surface area contributed by atoms with E-state index >= 15 is 0 Å². The molecule has 0 radical (unpaired) electrons. The van der Waals surface area contributed by atoms with E-state index in [9.17, 15) is 0 Å². The molecule has 0 aliphatic carbocycles. The SMILES string of the molecule is COc1ccc2c(C(C)CO)csc2c1. The first kappa shape index (κ1) is 10.5. The number of aliphatic hydroxyl groups excluding tert-OH is 1. The summed E-state index contributed by atoms with van der Waals surface area (Å²) in [6.45, 7) is 2.23. The lowest BCUT2D eigenvalue weighted by Crippen LogP contribution is -1.97. The van der Waals surface area contributed by atoms with Crippen molar-refractivity contribution in [1.82, 2.24) is 0 Å². The first-order valence-corrected chi connectivity index (χ1v) is 5.80. The maximum absolute atomic E-state index is 9.15. The third kappa shape index (κ3) is 1.85. The summed E-state index contributed by atoms with van der Waals surface area (Å²) >= 11 is 1.70. The number of rotatable bonds is 3. The van der Waals surface area contributed by atoms with Gasteiger partial charge in [-0.15, -0.1) is 11.3 Å². The minimum atomic E-state index is 0.192. The summed E-state index contributed by atoms with van der Waals surface area (Å²) < 4.78 is 6.39. The molecule has 0 amide bonds. The summed E-state index contributed by atoms with van der Waals surface area (Å²) in [7, 11) is 1.67. The fourth-order valence-electron chi connectivity index (χ4n) is 1.64. The summed E-state index contributed by atoms with van der Waals surface area (Å²) in [6.07, 6.45) is 0. The maximum atomic E-state index is 9.15. The van der Waals surface area contributed by atoms with Crippen LogP contribution in [0.2, 0.25) is 0 Å². The van der Waals surface area contributed by atoms with Crippen LogP contribution in [0.1, 0.15) is 18.4 Å². The number of thiophene rings is 1. The van der Waals surface area contributed by atoms with Gasteiger partial charge in [0, 0.05) is 17.2 Å². The molecular weight excluding hydrogens is 208 g/mol. The van der Waals surface area contributed by atoms with E-state index in [1.807, 2.05) is 19.1 Å². The smallest absolute Gasteiger partial charge is 0.120 e. The highest BCUT2D eigenvalue weighted by molar-refractivity contribution is 7.17. The van der Waals surface area contributed by atoms with Crippen LogP contribution in [-0.2, 0) is 0 Å². The van der Waals surface area contributed by atoms with Crippen LogP contribution in [0, 0.1) is 0 Å². The molecule has 0 aliphatic heterocycles. The molecule has 0 aliphatic rings. The molecule has 0 saturated heterocycles. The molecule has 1 N–H and O–H groups in total. The molecule has 2 aromatic rings. The largest absolute Gasteiger partial charge is 0.497 e. The average molecular weight is 222 g/mol. The van der Waals surface area contributed by atoms with Crippen molar-refractivity contribution in [2.24, 2.45) is 0 Å². The van der Waals surface area contributed by atoms with E-state index in [0.29, 0.717) is 0 Å². The van der Waals surface area contributed by atoms with Gasteiger partial charge < -0.3 is 9.84 Å². The van der Waals surface area contributed by atoms with E-state index in [2.05, 4.69) is 11.4 Å². The van der Waals surface area contributed by atoms with Gasteiger partial charge in [0.1, 0.15) is 5.75 Å². The third-order valence-electron chi connectivity index (χ3n) is 2.62. The predicted molar refractivity (Wildman–Crippen MR) is 63.9 cm³/mol. The van der Waals surface area contributed by atoms with Crippen LogP contribution in [0.5, 0.6) is 5.75 Å². The summed E-state index contributed by atoms with van der Waals surface area (Å²) in [4.78, 5) is 0. The van der Waals surface area contributed by atoms with Gasteiger partial charge in [-0.1, -0.05) is 6.92 Å². The number of benzene rings is 1. The normalized spacial score (nSPS) is 13.0. The highest BCUT2D eigenvalue weighted by Crippen LogP contribution is 2.33. The molecule has 0 fully saturated rings. The Morgan fingerprint density at radius 3 is 2.93 bits per heavy atom. The lowest BCUT2D eigenvalue weighted by Gasteiger charge is -2.06. The number of aliphatic hydroxyl groups is 1. The van der Waals surface area contributed by atoms with Crippen LogP contribution in [0.15, 0.2) is 23.6 Å². The second-order valence-electron chi connectivity index (χ2n) is 3.64. The zero-order chi connectivity index (χ0) is 10.8. The first-order valence-electron chi connectivity index (χ1n) is 4.92. The summed E-state index contributed by atoms with van der Waals surface area (Å²) in [5.41, 5.74) is 1.22. The predicted octanol–water partition coefficient (Wildman–Crippen LogP) is 3.01. The second kappa shape index (κ2) is 4.21. The van der Waals surface area contributed by atoms with Crippen molar-refractivity contribution < 1.29 is 9.84 Å². The standard InChI is InChI=1S/C12H14O2S/c1-8(6-13)11-7-15-12-5-9(14-2)3-4-10(11)12/h3-5,7-8,13H,6H2,1-2H3. The lowest BCUT2D eigenvalue weighted by molar-refractivity contribution is 0.274. The second-order valence-corrected chi connectivity index (χ2v) is 4.55. The zero-order valence-electron chi connectivity index (χ0n) is 8.86. The van der Waals surface area contributed by atoms with Crippen LogP contribution < -0.4 is 4.74 Å². The van der Waals surface area contributed by atoms with Gasteiger partial charge in [0.25, 0.3) is 0 Å². The van der Waals surface area contributed by atoms with Crippen molar-refractivity contribution in [2.45, 2.75) is 12.8 Å². The van der Waals surface area contributed by atoms with Crippen molar-refractivity contribution in [2.75, 3.05) is 13.7 Å². The molecule has 1 aromatic carbocycles. The van der Waals surface area contributed by atoms with Crippen molar-refractivity contribution in [3.63, 3.8) is 0 Å². The minimum Gasteiger partial charge on any atom is -0.497 e. The summed E-state index contributed by atoms with van der Waals surface area (Å²) in [6, 6.07) is 6.06. The highest BCUT2D eigenvalue weighted by atomic mass is 32.1. The van der Waals surface area contributed by atoms with E-state index in [1.54, 1.807) is 18.4 Å². The molecule has 0 spiro atoms. The minimum absolute atomic E-state index is 0.192. The van der Waals surface area contributed by atoms with Crippen molar-refractivity contribution >= 4 is 21.4 Å². The number of hydrogen-bond donors (Lipinski definition) is 1. The van der Waals surface area contributed by atoms with Crippen LogP contribution in [0.4, 0.5) is 0 Å². The van der Waals surface area contributed by atoms with Crippen LogP contribution in [0.3, 0.4) is 0 Å². The first-order chi connectivity index (χ1) is 7.26. The van der Waals surface area contributed by atoms with Gasteiger partial charge >= 0.3 is 0 Å². The summed E-state index contributed by atoms with van der Waals surface area (Å²) in [5.74, 6) is 1.08. The van der Waals surface area contributed by atoms with Gasteiger partial charge in [0.15, 0.2) is 0 Å². The summed E-state index contributed by atoms with van der Waals surface area (Å²) in [5, 5.41) is 12.5. The third-order valence-corrected chi connectivity index (χ3v) is 3.58. The van der Waals surface area contributed by atoms with Crippen molar-refractivity contribution in [3.8, 4) is 5.75 Å². The van der Waals surface area contributed by atoms with Crippen LogP contribution in [-0.4, -0.2) is 18.8 Å². The van der Waals surface area contributed by atoms with Crippen LogP contribution in [0.25, 0.3) is 10.1 Å². The maximum Gasteiger partial charge on any atom is 0.120 e. The monoisotopic (exact) mass is 222 g/mol. The van der Waals surface area contributed by atoms with Gasteiger partial charge in [-0.25, -0.2) is 0 Å². The van der Waals surface area contributed by atoms with Gasteiger partial charge in [-0.05, 0) is 34.5 Å². The van der Waals surface area contributed by atoms with E-state index in [4.69, 9.17) is 9.84 Å². The molecule has 2 rings (SSSR count). The van der Waals surface area contributed by atoms with E-state index in [0.717, 1.165) is 5.75 Å². The molecular formula is C12H14O2S. The van der Waals surface area contributed by atoms with E-state index in [-0.39, 0.29) is 12.5 Å². The molecule has 15 heavy (non-hydrogen) atoms. The van der Waals surface area contributed by atoms with Gasteiger partial charge in [0.05, 0.1) is 7.11 Å². The highest BCUT2D eigenvalue weighted by Gasteiger charge is 2.10. The average Bonchev–Trinajstić information content (AvgIpc) is 2.70. The number of fused-ring (bicyclic) bond motifs is 1. The molecule has 3 heteroatoms. The number of hydrogen-bond acceptors (Lipinski definition) is 3. The van der Waals surface area contributed by atoms with E-state index < -0.39 is 0 Å². The fraction of sp³-hybridized carbons (Fsp3) is 0.333. The Bertz CT molecular complexity index is 462. The Morgan fingerprint density at radius 1 is 1.47 bits per heavy atom. The van der Waals surface area contributed by atoms with Gasteiger partial charge in [-0.2, -0.15) is 0 Å². The Labute approximate surface area is 93.1 Å². The molecule has 1 aromatic heterocycles. The fourth-order valence-corrected chi connectivity index (χ4v) is 2.75. The number of methoxy groups -OCH3 is 1. The molecule has 0 saturated carbocycles. The topological polar surface area (TPSA) is 29.5 Å². The van der Waals surface area contributed by atoms with E-state index in [1.165, 1.54) is 15.6 Å². The number of ether oxygens (including phenoxy) is 1. The van der Waals surface area contributed by atoms with Gasteiger partial charge in [0.2, 0.25) is 0 Å². The molecule has 2 nitrogen and oxygen atoms in total. The molecule has 1 atom stereocenters. The molecule has 0 bridgehead atoms. The zero-order valence-corrected chi connectivity index (χ0v) is 9.67. The Kier molecular flexibility index (Phi) is 2.93. The molecule has 1 heterocycles. The molecule has 1 unspecified atom stereocenters. The lowest BCUT2D eigenvalue weighted by atomic mass is 10.0. The quantitative estimate of drug-likeness (QED) is 0.865. The van der Waals surface area contributed by atoms with Crippen molar-refractivity contribution in [3.05, 3.63) is 29.1 Å². The van der Waals surface area contributed by atoms with Crippen LogP contribution >= 0.6 is 11.3 Å². The Balaban J connectivity index is 2.52. The molecule has 80 valence electrons. The Morgan fingerprint density at radius 2 is 2.27 bits per heavy atom. The van der Waals surface area contributed by atoms with Gasteiger partial charge in [-0.3, -0.25) is 0 Å². The Hall–Kier alpha value is -1.06. The van der Waals surface area contributed by atoms with Crippen molar-refractivity contribution in [1.29, 1.82) is 0 Å².